The summed E-state index contributed by atoms with van der Waals surface area (Å²) >= 11 is 1.45. The van der Waals surface area contributed by atoms with Crippen molar-refractivity contribution in [3.05, 3.63) is 30.3 Å². The predicted molar refractivity (Wildman–Crippen MR) is 103 cm³/mol. The maximum absolute atomic E-state index is 12.5. The lowest BCUT2D eigenvalue weighted by Crippen LogP contribution is -2.41. The molecule has 1 amide bonds. The molecule has 1 aromatic carbocycles. The fourth-order valence-corrected chi connectivity index (χ4v) is 4.23. The maximum atomic E-state index is 12.5. The van der Waals surface area contributed by atoms with E-state index in [1.165, 1.54) is 11.8 Å². The number of nitrogens with zero attached hydrogens (tertiary/aromatic N) is 4. The fraction of sp³-hybridized carbons (Fsp3) is 0.526. The van der Waals surface area contributed by atoms with Crippen LogP contribution in [0.2, 0.25) is 0 Å². The van der Waals surface area contributed by atoms with Crippen LogP contribution in [0.25, 0.3) is 11.4 Å². The number of morpholine rings is 1. The van der Waals surface area contributed by atoms with Crippen molar-refractivity contribution < 1.29 is 14.3 Å². The second kappa shape index (κ2) is 8.86. The molecule has 0 unspecified atom stereocenters. The molecule has 144 valence electrons. The molecule has 0 saturated carbocycles. The summed E-state index contributed by atoms with van der Waals surface area (Å²) in [4.78, 5) is 14.3. The maximum Gasteiger partial charge on any atom is 0.233 e. The highest BCUT2D eigenvalue weighted by atomic mass is 32.2. The van der Waals surface area contributed by atoms with E-state index in [9.17, 15) is 4.79 Å². The SMILES string of the molecule is O=C(CSc1nnc(-c2ccccc2)n1C[C@@H]1CCCO1)N1CCOCC1. The lowest BCUT2D eigenvalue weighted by atomic mass is 10.2. The lowest BCUT2D eigenvalue weighted by molar-refractivity contribution is -0.132. The van der Waals surface area contributed by atoms with E-state index in [0.717, 1.165) is 36.0 Å². The van der Waals surface area contributed by atoms with Crippen LogP contribution in [0.4, 0.5) is 0 Å². The fourth-order valence-electron chi connectivity index (χ4n) is 3.38. The number of carbonyl (C=O) groups excluding carboxylic acids is 1. The number of hydrogen-bond donors (Lipinski definition) is 0. The van der Waals surface area contributed by atoms with Gasteiger partial charge in [0, 0.05) is 25.3 Å². The van der Waals surface area contributed by atoms with Crippen LogP contribution in [0.15, 0.2) is 35.5 Å². The molecule has 2 fully saturated rings. The summed E-state index contributed by atoms with van der Waals surface area (Å²) in [6, 6.07) is 10.0. The Hall–Kier alpha value is -1.90. The highest BCUT2D eigenvalue weighted by Crippen LogP contribution is 2.26. The highest BCUT2D eigenvalue weighted by molar-refractivity contribution is 7.99. The van der Waals surface area contributed by atoms with Gasteiger partial charge in [-0.25, -0.2) is 0 Å². The molecular weight excluding hydrogens is 364 g/mol. The summed E-state index contributed by atoms with van der Waals surface area (Å²) in [6.07, 6.45) is 2.31. The van der Waals surface area contributed by atoms with Crippen LogP contribution in [0.5, 0.6) is 0 Å². The van der Waals surface area contributed by atoms with Gasteiger partial charge in [-0.05, 0) is 12.8 Å². The number of amides is 1. The van der Waals surface area contributed by atoms with Gasteiger partial charge in [0.2, 0.25) is 5.91 Å². The smallest absolute Gasteiger partial charge is 0.233 e. The summed E-state index contributed by atoms with van der Waals surface area (Å²) in [5.74, 6) is 1.31. The van der Waals surface area contributed by atoms with Crippen molar-refractivity contribution in [2.45, 2.75) is 30.6 Å². The van der Waals surface area contributed by atoms with Crippen LogP contribution in [-0.2, 0) is 20.8 Å². The number of rotatable bonds is 6. The van der Waals surface area contributed by atoms with E-state index in [4.69, 9.17) is 9.47 Å². The third kappa shape index (κ3) is 4.51. The molecule has 2 aliphatic rings. The monoisotopic (exact) mass is 388 g/mol. The molecule has 0 radical (unpaired) electrons. The van der Waals surface area contributed by atoms with Crippen molar-refractivity contribution in [1.29, 1.82) is 0 Å². The summed E-state index contributed by atoms with van der Waals surface area (Å²) in [5, 5.41) is 9.56. The number of thioether (sulfide) groups is 1. The van der Waals surface area contributed by atoms with Gasteiger partial charge in [-0.3, -0.25) is 9.36 Å². The Morgan fingerprint density at radius 1 is 1.15 bits per heavy atom. The van der Waals surface area contributed by atoms with Crippen LogP contribution in [0, 0.1) is 0 Å². The number of benzene rings is 1. The molecule has 0 N–H and O–H groups in total. The summed E-state index contributed by atoms with van der Waals surface area (Å²) in [5.41, 5.74) is 1.02. The van der Waals surface area contributed by atoms with Crippen molar-refractivity contribution in [2.75, 3.05) is 38.7 Å². The van der Waals surface area contributed by atoms with Crippen LogP contribution < -0.4 is 0 Å². The normalized spacial score (nSPS) is 20.1. The van der Waals surface area contributed by atoms with Gasteiger partial charge in [-0.2, -0.15) is 0 Å². The Morgan fingerprint density at radius 3 is 2.70 bits per heavy atom. The van der Waals surface area contributed by atoms with Gasteiger partial charge in [0.25, 0.3) is 0 Å². The third-order valence-corrected chi connectivity index (χ3v) is 5.80. The van der Waals surface area contributed by atoms with Gasteiger partial charge in [-0.15, -0.1) is 10.2 Å². The minimum Gasteiger partial charge on any atom is -0.378 e. The van der Waals surface area contributed by atoms with E-state index in [0.29, 0.717) is 38.6 Å². The van der Waals surface area contributed by atoms with Crippen molar-refractivity contribution >= 4 is 17.7 Å². The molecule has 3 heterocycles. The minimum atomic E-state index is 0.122. The van der Waals surface area contributed by atoms with E-state index >= 15 is 0 Å². The molecule has 0 aliphatic carbocycles. The molecule has 1 atom stereocenters. The van der Waals surface area contributed by atoms with Crippen molar-refractivity contribution in [2.24, 2.45) is 0 Å². The molecule has 7 nitrogen and oxygen atoms in total. The zero-order chi connectivity index (χ0) is 18.5. The van der Waals surface area contributed by atoms with Crippen LogP contribution in [-0.4, -0.2) is 70.3 Å². The molecule has 0 bridgehead atoms. The van der Waals surface area contributed by atoms with E-state index in [-0.39, 0.29) is 12.0 Å². The Bertz CT molecular complexity index is 756. The molecule has 27 heavy (non-hydrogen) atoms. The molecule has 2 aliphatic heterocycles. The summed E-state index contributed by atoms with van der Waals surface area (Å²) in [7, 11) is 0. The Kier molecular flexibility index (Phi) is 6.06. The average molecular weight is 388 g/mol. The first kappa shape index (κ1) is 18.5. The lowest BCUT2D eigenvalue weighted by Gasteiger charge is -2.26. The Labute approximate surface area is 163 Å². The third-order valence-electron chi connectivity index (χ3n) is 4.85. The van der Waals surface area contributed by atoms with Crippen LogP contribution in [0.3, 0.4) is 0 Å². The minimum absolute atomic E-state index is 0.122. The summed E-state index contributed by atoms with van der Waals surface area (Å²) < 4.78 is 13.2. The standard InChI is InChI=1S/C19H24N4O3S/c24-17(22-8-11-25-12-9-22)14-27-19-21-20-18(15-5-2-1-3-6-15)23(19)13-16-7-4-10-26-16/h1-3,5-6,16H,4,7-14H2/t16-/m0/s1. The second-order valence-electron chi connectivity index (χ2n) is 6.70. The van der Waals surface area contributed by atoms with Crippen molar-refractivity contribution in [3.8, 4) is 11.4 Å². The molecular formula is C19H24N4O3S. The van der Waals surface area contributed by atoms with E-state index in [1.807, 2.05) is 35.2 Å². The first-order valence-electron chi connectivity index (χ1n) is 9.40. The zero-order valence-corrected chi connectivity index (χ0v) is 16.1. The first-order valence-corrected chi connectivity index (χ1v) is 10.4. The molecule has 2 saturated heterocycles. The highest BCUT2D eigenvalue weighted by Gasteiger charge is 2.23. The number of carbonyl (C=O) groups is 1. The second-order valence-corrected chi connectivity index (χ2v) is 7.64. The topological polar surface area (TPSA) is 69.5 Å². The first-order chi connectivity index (χ1) is 13.3. The van der Waals surface area contributed by atoms with E-state index in [1.54, 1.807) is 0 Å². The number of ether oxygens (including phenoxy) is 2. The Morgan fingerprint density at radius 2 is 1.96 bits per heavy atom. The van der Waals surface area contributed by atoms with E-state index < -0.39 is 0 Å². The van der Waals surface area contributed by atoms with Crippen LogP contribution >= 0.6 is 11.8 Å². The zero-order valence-electron chi connectivity index (χ0n) is 15.2. The van der Waals surface area contributed by atoms with E-state index in [2.05, 4.69) is 14.8 Å². The molecule has 0 spiro atoms. The molecule has 1 aromatic heterocycles. The van der Waals surface area contributed by atoms with Gasteiger partial charge in [0.05, 0.1) is 31.6 Å². The number of hydrogen-bond acceptors (Lipinski definition) is 6. The Balaban J connectivity index is 1.50. The van der Waals surface area contributed by atoms with Gasteiger partial charge in [-0.1, -0.05) is 42.1 Å². The average Bonchev–Trinajstić information content (AvgIpc) is 3.38. The number of aromatic nitrogens is 3. The van der Waals surface area contributed by atoms with Crippen molar-refractivity contribution in [1.82, 2.24) is 19.7 Å². The largest absolute Gasteiger partial charge is 0.378 e. The molecule has 8 heteroatoms. The van der Waals surface area contributed by atoms with Crippen molar-refractivity contribution in [3.63, 3.8) is 0 Å². The van der Waals surface area contributed by atoms with Gasteiger partial charge in [0.15, 0.2) is 11.0 Å². The van der Waals surface area contributed by atoms with Gasteiger partial charge < -0.3 is 14.4 Å². The van der Waals surface area contributed by atoms with Gasteiger partial charge >= 0.3 is 0 Å². The summed E-state index contributed by atoms with van der Waals surface area (Å²) in [6.45, 7) is 4.08. The quantitative estimate of drug-likeness (QED) is 0.706. The molecule has 2 aromatic rings. The molecule has 4 rings (SSSR count). The predicted octanol–water partition coefficient (Wildman–Crippen LogP) is 2.08. The van der Waals surface area contributed by atoms with Crippen LogP contribution in [0.1, 0.15) is 12.8 Å². The van der Waals surface area contributed by atoms with Gasteiger partial charge in [0.1, 0.15) is 0 Å².